The molecule has 0 atom stereocenters. The van der Waals surface area contributed by atoms with Gasteiger partial charge in [0.05, 0.1) is 18.2 Å². The van der Waals surface area contributed by atoms with Crippen LogP contribution in [-0.2, 0) is 27.3 Å². The molecule has 49 heavy (non-hydrogen) atoms. The molecule has 0 aromatic heterocycles. The highest BCUT2D eigenvalue weighted by atomic mass is 16.6. The monoisotopic (exact) mass is 682 g/mol. The Morgan fingerprint density at radius 1 is 0.633 bits per heavy atom. The Balaban J connectivity index is 0.000000266. The standard InChI is InChI=1S/C19H28N2O4.C18H26N2O4/c1-14-6-7-16(17(22)24-5)15(12-14)13-20-8-10-21(11-9-20)18(23)25-19(2,3)4;1-13-5-6-15(16(21)22)14(11-13)12-19-7-9-20(10-8-19)17(23)24-18(2,3)4/h6-7,12H,8-11,13H2,1-5H3;5-6,11H,7-10,12H2,1-4H3,(H,21,22). The molecule has 2 aliphatic rings. The SMILES string of the molecule is COC(=O)c1ccc(C)cc1CN1CCN(C(=O)OC(C)(C)C)CC1.Cc1ccc(C(=O)O)c(CN2CCN(C(=O)OC(C)(C)C)CC2)c1. The molecular formula is C37H54N4O8. The predicted molar refractivity (Wildman–Crippen MR) is 187 cm³/mol. The van der Waals surface area contributed by atoms with E-state index in [2.05, 4.69) is 9.80 Å². The van der Waals surface area contributed by atoms with Gasteiger partial charge in [0.2, 0.25) is 0 Å². The fraction of sp³-hybridized carbons (Fsp3) is 0.568. The van der Waals surface area contributed by atoms with Crippen molar-refractivity contribution in [2.75, 3.05) is 59.5 Å². The second-order valence-electron chi connectivity index (χ2n) is 14.6. The van der Waals surface area contributed by atoms with E-state index in [1.165, 1.54) is 7.11 Å². The third-order valence-electron chi connectivity index (χ3n) is 7.99. The molecule has 1 N–H and O–H groups in total. The summed E-state index contributed by atoms with van der Waals surface area (Å²) in [5, 5.41) is 9.32. The van der Waals surface area contributed by atoms with Crippen molar-refractivity contribution in [1.29, 1.82) is 0 Å². The largest absolute Gasteiger partial charge is 0.478 e. The van der Waals surface area contributed by atoms with E-state index in [-0.39, 0.29) is 18.2 Å². The number of amides is 2. The van der Waals surface area contributed by atoms with Crippen LogP contribution < -0.4 is 0 Å². The van der Waals surface area contributed by atoms with Gasteiger partial charge >= 0.3 is 24.1 Å². The van der Waals surface area contributed by atoms with Crippen molar-refractivity contribution in [2.45, 2.75) is 79.7 Å². The van der Waals surface area contributed by atoms with Crippen molar-refractivity contribution in [3.05, 3.63) is 69.8 Å². The Morgan fingerprint density at radius 2 is 1.00 bits per heavy atom. The molecule has 2 aliphatic heterocycles. The maximum absolute atomic E-state index is 12.1. The molecule has 270 valence electrons. The summed E-state index contributed by atoms with van der Waals surface area (Å²) in [5.41, 5.74) is 3.89. The van der Waals surface area contributed by atoms with E-state index < -0.39 is 17.2 Å². The molecule has 0 bridgehead atoms. The molecule has 4 rings (SSSR count). The van der Waals surface area contributed by atoms with Crippen molar-refractivity contribution in [2.24, 2.45) is 0 Å². The van der Waals surface area contributed by atoms with Crippen LogP contribution in [0.2, 0.25) is 0 Å². The van der Waals surface area contributed by atoms with Gasteiger partial charge in [0.15, 0.2) is 0 Å². The second-order valence-corrected chi connectivity index (χ2v) is 14.6. The number of aryl methyl sites for hydroxylation is 2. The summed E-state index contributed by atoms with van der Waals surface area (Å²) in [6.07, 6.45) is -0.554. The maximum Gasteiger partial charge on any atom is 0.410 e. The fourth-order valence-corrected chi connectivity index (χ4v) is 5.54. The Hall–Kier alpha value is -4.16. The topological polar surface area (TPSA) is 129 Å². The fourth-order valence-electron chi connectivity index (χ4n) is 5.54. The molecule has 2 heterocycles. The van der Waals surface area contributed by atoms with Crippen LogP contribution in [0.25, 0.3) is 0 Å². The highest BCUT2D eigenvalue weighted by molar-refractivity contribution is 5.91. The number of nitrogens with zero attached hydrogens (tertiary/aromatic N) is 4. The minimum Gasteiger partial charge on any atom is -0.478 e. The Labute approximate surface area is 290 Å². The zero-order chi connectivity index (χ0) is 36.5. The Kier molecular flexibility index (Phi) is 13.6. The molecular weight excluding hydrogens is 628 g/mol. The van der Waals surface area contributed by atoms with Gasteiger partial charge in [-0.3, -0.25) is 9.80 Å². The van der Waals surface area contributed by atoms with Crippen molar-refractivity contribution in [1.82, 2.24) is 19.6 Å². The van der Waals surface area contributed by atoms with E-state index in [4.69, 9.17) is 14.2 Å². The Bertz CT molecular complexity index is 1460. The zero-order valence-corrected chi connectivity index (χ0v) is 30.6. The Morgan fingerprint density at radius 3 is 1.35 bits per heavy atom. The minimum atomic E-state index is -0.905. The smallest absolute Gasteiger partial charge is 0.410 e. The number of methoxy groups -OCH3 is 1. The van der Waals surface area contributed by atoms with Gasteiger partial charge in [-0.15, -0.1) is 0 Å². The molecule has 2 amide bonds. The first-order valence-electron chi connectivity index (χ1n) is 16.8. The van der Waals surface area contributed by atoms with E-state index in [0.29, 0.717) is 63.5 Å². The molecule has 2 fully saturated rings. The molecule has 12 heteroatoms. The summed E-state index contributed by atoms with van der Waals surface area (Å²) in [4.78, 5) is 55.4. The number of piperazine rings is 2. The molecule has 2 saturated heterocycles. The van der Waals surface area contributed by atoms with Gasteiger partial charge in [-0.2, -0.15) is 0 Å². The van der Waals surface area contributed by atoms with Crippen LogP contribution in [0, 0.1) is 13.8 Å². The summed E-state index contributed by atoms with van der Waals surface area (Å²) in [6.45, 7) is 21.7. The summed E-state index contributed by atoms with van der Waals surface area (Å²) in [6, 6.07) is 11.1. The highest BCUT2D eigenvalue weighted by Gasteiger charge is 2.28. The molecule has 0 aliphatic carbocycles. The van der Waals surface area contributed by atoms with Gasteiger partial charge < -0.3 is 29.1 Å². The number of esters is 1. The lowest BCUT2D eigenvalue weighted by atomic mass is 10.0. The van der Waals surface area contributed by atoms with Gasteiger partial charge in [-0.25, -0.2) is 19.2 Å². The van der Waals surface area contributed by atoms with E-state index in [1.54, 1.807) is 15.9 Å². The number of ether oxygens (including phenoxy) is 3. The van der Waals surface area contributed by atoms with Crippen LogP contribution >= 0.6 is 0 Å². The van der Waals surface area contributed by atoms with E-state index in [1.807, 2.05) is 85.7 Å². The van der Waals surface area contributed by atoms with Crippen molar-refractivity contribution in [3.63, 3.8) is 0 Å². The lowest BCUT2D eigenvalue weighted by Crippen LogP contribution is -2.49. The second kappa shape index (κ2) is 17.0. The van der Waals surface area contributed by atoms with Crippen LogP contribution in [0.15, 0.2) is 36.4 Å². The normalized spacial score (nSPS) is 15.9. The minimum absolute atomic E-state index is 0.266. The van der Waals surface area contributed by atoms with Crippen molar-refractivity contribution < 1.29 is 38.5 Å². The van der Waals surface area contributed by atoms with Gasteiger partial charge in [0.25, 0.3) is 0 Å². The number of carbonyl (C=O) groups is 4. The van der Waals surface area contributed by atoms with Crippen molar-refractivity contribution >= 4 is 24.1 Å². The average molecular weight is 683 g/mol. The van der Waals surface area contributed by atoms with Gasteiger partial charge in [-0.05, 0) is 78.6 Å². The number of rotatable bonds is 6. The molecule has 0 radical (unpaired) electrons. The molecule has 12 nitrogen and oxygen atoms in total. The number of carboxylic acid groups (broad SMARTS) is 1. The third kappa shape index (κ3) is 12.7. The first-order valence-corrected chi connectivity index (χ1v) is 16.8. The number of aromatic carboxylic acids is 1. The van der Waals surface area contributed by atoms with Crippen molar-refractivity contribution in [3.8, 4) is 0 Å². The lowest BCUT2D eigenvalue weighted by molar-refractivity contribution is 0.0129. The van der Waals surface area contributed by atoms with E-state index in [0.717, 1.165) is 35.3 Å². The molecule has 0 unspecified atom stereocenters. The summed E-state index contributed by atoms with van der Waals surface area (Å²) < 4.78 is 15.7. The first-order chi connectivity index (χ1) is 22.8. The molecule has 2 aromatic carbocycles. The van der Waals surface area contributed by atoms with E-state index in [9.17, 15) is 24.3 Å². The van der Waals surface area contributed by atoms with Crippen LogP contribution in [-0.4, -0.2) is 120 Å². The highest BCUT2D eigenvalue weighted by Crippen LogP contribution is 2.19. The molecule has 0 spiro atoms. The van der Waals surface area contributed by atoms with Gasteiger partial charge in [-0.1, -0.05) is 35.4 Å². The van der Waals surface area contributed by atoms with Crippen LogP contribution in [0.1, 0.15) is 84.5 Å². The summed E-state index contributed by atoms with van der Waals surface area (Å²) in [7, 11) is 1.39. The van der Waals surface area contributed by atoms with Crippen LogP contribution in [0.4, 0.5) is 9.59 Å². The number of carbonyl (C=O) groups excluding carboxylic acids is 3. The van der Waals surface area contributed by atoms with Gasteiger partial charge in [0.1, 0.15) is 11.2 Å². The quantitative estimate of drug-likeness (QED) is 0.305. The third-order valence-corrected chi connectivity index (χ3v) is 7.99. The van der Waals surface area contributed by atoms with Crippen LogP contribution in [0.5, 0.6) is 0 Å². The number of carboxylic acids is 1. The molecule has 2 aromatic rings. The van der Waals surface area contributed by atoms with Gasteiger partial charge in [0, 0.05) is 65.4 Å². The van der Waals surface area contributed by atoms with E-state index >= 15 is 0 Å². The first kappa shape index (κ1) is 39.3. The molecule has 0 saturated carbocycles. The summed E-state index contributed by atoms with van der Waals surface area (Å²) >= 11 is 0. The number of benzene rings is 2. The number of hydrogen-bond donors (Lipinski definition) is 1. The number of hydrogen-bond acceptors (Lipinski definition) is 9. The zero-order valence-electron chi connectivity index (χ0n) is 30.6. The van der Waals surface area contributed by atoms with Crippen LogP contribution in [0.3, 0.4) is 0 Å². The maximum atomic E-state index is 12.1. The predicted octanol–water partition coefficient (Wildman–Crippen LogP) is 5.58. The average Bonchev–Trinajstić information content (AvgIpc) is 3.00. The summed E-state index contributed by atoms with van der Waals surface area (Å²) in [5.74, 6) is -1.22. The lowest BCUT2D eigenvalue weighted by Gasteiger charge is -2.35.